The number of benzene rings is 2. The van der Waals surface area contributed by atoms with Crippen LogP contribution in [0.3, 0.4) is 0 Å². The third-order valence-corrected chi connectivity index (χ3v) is 3.85. The molecule has 1 aromatic heterocycles. The Balaban J connectivity index is 1.56. The van der Waals surface area contributed by atoms with Crippen LogP contribution in [0.2, 0.25) is 0 Å². The molecule has 6 nitrogen and oxygen atoms in total. The zero-order valence-electron chi connectivity index (χ0n) is 15.8. The standard InChI is InChI=1S/C22H21NO5/c1-3-26-18-11-9-16(13-19(18)25-2)10-12-22(24)27-15-21-23-14-20(28-21)17-7-5-4-6-8-17/h4-14H,3,15H2,1-2H3/b12-10+. The molecule has 0 bridgehead atoms. The SMILES string of the molecule is CCOc1ccc(/C=C/C(=O)OCc2ncc(-c3ccccc3)o2)cc1OC. The van der Waals surface area contributed by atoms with Gasteiger partial charge in [-0.1, -0.05) is 36.4 Å². The Morgan fingerprint density at radius 3 is 2.71 bits per heavy atom. The number of aromatic nitrogens is 1. The van der Waals surface area contributed by atoms with Crippen molar-refractivity contribution >= 4 is 12.0 Å². The number of carbonyl (C=O) groups is 1. The Kier molecular flexibility index (Phi) is 6.46. The van der Waals surface area contributed by atoms with Crippen LogP contribution in [0.15, 0.2) is 65.2 Å². The number of hydrogen-bond donors (Lipinski definition) is 0. The van der Waals surface area contributed by atoms with Crippen LogP contribution in [0.25, 0.3) is 17.4 Å². The minimum Gasteiger partial charge on any atom is -0.493 e. The third-order valence-electron chi connectivity index (χ3n) is 3.85. The van der Waals surface area contributed by atoms with Gasteiger partial charge in [0.25, 0.3) is 0 Å². The fourth-order valence-corrected chi connectivity index (χ4v) is 2.52. The zero-order valence-corrected chi connectivity index (χ0v) is 15.8. The molecular formula is C22H21NO5. The summed E-state index contributed by atoms with van der Waals surface area (Å²) in [4.78, 5) is 16.1. The van der Waals surface area contributed by atoms with E-state index in [0.717, 1.165) is 11.1 Å². The summed E-state index contributed by atoms with van der Waals surface area (Å²) in [5.74, 6) is 1.73. The number of oxazole rings is 1. The van der Waals surface area contributed by atoms with E-state index in [2.05, 4.69) is 4.98 Å². The van der Waals surface area contributed by atoms with E-state index in [-0.39, 0.29) is 6.61 Å². The van der Waals surface area contributed by atoms with E-state index < -0.39 is 5.97 Å². The van der Waals surface area contributed by atoms with E-state index in [1.807, 2.05) is 43.3 Å². The van der Waals surface area contributed by atoms with Crippen molar-refractivity contribution in [2.75, 3.05) is 13.7 Å². The molecule has 0 aliphatic carbocycles. The van der Waals surface area contributed by atoms with Crippen LogP contribution in [0, 0.1) is 0 Å². The monoisotopic (exact) mass is 379 g/mol. The van der Waals surface area contributed by atoms with E-state index in [4.69, 9.17) is 18.6 Å². The number of carbonyl (C=O) groups excluding carboxylic acids is 1. The Hall–Kier alpha value is -3.54. The fraction of sp³-hybridized carbons (Fsp3) is 0.182. The summed E-state index contributed by atoms with van der Waals surface area (Å²) in [6.45, 7) is 2.41. The first-order chi connectivity index (χ1) is 13.7. The van der Waals surface area contributed by atoms with Gasteiger partial charge in [0.15, 0.2) is 23.9 Å². The summed E-state index contributed by atoms with van der Waals surface area (Å²) in [7, 11) is 1.57. The lowest BCUT2D eigenvalue weighted by molar-refractivity contribution is -0.139. The van der Waals surface area contributed by atoms with Crippen LogP contribution < -0.4 is 9.47 Å². The largest absolute Gasteiger partial charge is 0.493 e. The highest BCUT2D eigenvalue weighted by atomic mass is 16.5. The molecule has 0 N–H and O–H groups in total. The second kappa shape index (κ2) is 9.41. The van der Waals surface area contributed by atoms with Crippen LogP contribution in [0.1, 0.15) is 18.4 Å². The lowest BCUT2D eigenvalue weighted by Crippen LogP contribution is -2.00. The Morgan fingerprint density at radius 1 is 1.14 bits per heavy atom. The van der Waals surface area contributed by atoms with Gasteiger partial charge in [0.05, 0.1) is 19.9 Å². The van der Waals surface area contributed by atoms with Gasteiger partial charge in [0, 0.05) is 11.6 Å². The summed E-state index contributed by atoms with van der Waals surface area (Å²) in [5, 5.41) is 0. The summed E-state index contributed by atoms with van der Waals surface area (Å²) in [5.41, 5.74) is 1.71. The number of methoxy groups -OCH3 is 1. The van der Waals surface area contributed by atoms with Gasteiger partial charge < -0.3 is 18.6 Å². The van der Waals surface area contributed by atoms with Gasteiger partial charge in [-0.3, -0.25) is 0 Å². The third kappa shape index (κ3) is 5.01. The van der Waals surface area contributed by atoms with Gasteiger partial charge in [0.1, 0.15) is 0 Å². The molecule has 0 unspecified atom stereocenters. The highest BCUT2D eigenvalue weighted by Crippen LogP contribution is 2.28. The molecule has 0 atom stereocenters. The summed E-state index contributed by atoms with van der Waals surface area (Å²) in [6, 6.07) is 15.0. The van der Waals surface area contributed by atoms with Gasteiger partial charge in [-0.25, -0.2) is 9.78 Å². The number of hydrogen-bond acceptors (Lipinski definition) is 6. The van der Waals surface area contributed by atoms with Gasteiger partial charge >= 0.3 is 5.97 Å². The first kappa shape index (κ1) is 19.2. The molecule has 0 amide bonds. The molecule has 0 aliphatic rings. The van der Waals surface area contributed by atoms with Crippen LogP contribution in [0.4, 0.5) is 0 Å². The molecule has 3 rings (SSSR count). The molecule has 2 aromatic carbocycles. The maximum atomic E-state index is 12.0. The van der Waals surface area contributed by atoms with Crippen LogP contribution in [-0.4, -0.2) is 24.7 Å². The quantitative estimate of drug-likeness (QED) is 0.424. The molecule has 0 saturated carbocycles. The van der Waals surface area contributed by atoms with Crippen molar-refractivity contribution in [2.24, 2.45) is 0 Å². The van der Waals surface area contributed by atoms with Crippen molar-refractivity contribution in [3.63, 3.8) is 0 Å². The highest BCUT2D eigenvalue weighted by molar-refractivity contribution is 5.87. The topological polar surface area (TPSA) is 70.8 Å². The second-order valence-corrected chi connectivity index (χ2v) is 5.77. The molecule has 144 valence electrons. The second-order valence-electron chi connectivity index (χ2n) is 5.77. The number of nitrogens with zero attached hydrogens (tertiary/aromatic N) is 1. The lowest BCUT2D eigenvalue weighted by atomic mass is 10.2. The molecule has 0 radical (unpaired) electrons. The van der Waals surface area contributed by atoms with Crippen molar-refractivity contribution in [1.29, 1.82) is 0 Å². The first-order valence-corrected chi connectivity index (χ1v) is 8.85. The van der Waals surface area contributed by atoms with Gasteiger partial charge in [-0.05, 0) is 30.7 Å². The number of rotatable bonds is 8. The molecule has 0 saturated heterocycles. The van der Waals surface area contributed by atoms with Gasteiger partial charge in [-0.15, -0.1) is 0 Å². The molecule has 28 heavy (non-hydrogen) atoms. The Morgan fingerprint density at radius 2 is 1.96 bits per heavy atom. The normalized spacial score (nSPS) is 10.8. The average Bonchev–Trinajstić information content (AvgIpc) is 3.21. The van der Waals surface area contributed by atoms with Crippen molar-refractivity contribution in [2.45, 2.75) is 13.5 Å². The molecular weight excluding hydrogens is 358 g/mol. The van der Waals surface area contributed by atoms with Crippen LogP contribution in [0.5, 0.6) is 11.5 Å². The molecule has 0 aliphatic heterocycles. The Bertz CT molecular complexity index is 947. The number of ether oxygens (including phenoxy) is 3. The highest BCUT2D eigenvalue weighted by Gasteiger charge is 2.08. The van der Waals surface area contributed by atoms with E-state index in [1.54, 1.807) is 31.5 Å². The maximum absolute atomic E-state index is 12.0. The minimum atomic E-state index is -0.493. The van der Waals surface area contributed by atoms with E-state index >= 15 is 0 Å². The summed E-state index contributed by atoms with van der Waals surface area (Å²) >= 11 is 0. The van der Waals surface area contributed by atoms with Crippen molar-refractivity contribution in [1.82, 2.24) is 4.98 Å². The molecule has 1 heterocycles. The van der Waals surface area contributed by atoms with E-state index in [0.29, 0.717) is 29.8 Å². The predicted octanol–water partition coefficient (Wildman–Crippen LogP) is 4.51. The minimum absolute atomic E-state index is 0.0391. The molecule has 6 heteroatoms. The number of esters is 1. The average molecular weight is 379 g/mol. The van der Waals surface area contributed by atoms with E-state index in [1.165, 1.54) is 6.08 Å². The smallest absolute Gasteiger partial charge is 0.331 e. The van der Waals surface area contributed by atoms with E-state index in [9.17, 15) is 4.79 Å². The Labute approximate surface area is 163 Å². The van der Waals surface area contributed by atoms with Gasteiger partial charge in [0.2, 0.25) is 5.89 Å². The van der Waals surface area contributed by atoms with Crippen molar-refractivity contribution in [3.8, 4) is 22.8 Å². The molecule has 3 aromatic rings. The first-order valence-electron chi connectivity index (χ1n) is 8.85. The fourth-order valence-electron chi connectivity index (χ4n) is 2.52. The van der Waals surface area contributed by atoms with Crippen LogP contribution in [-0.2, 0) is 16.1 Å². The summed E-state index contributed by atoms with van der Waals surface area (Å²) in [6.07, 6.45) is 4.60. The zero-order chi connectivity index (χ0) is 19.8. The maximum Gasteiger partial charge on any atom is 0.331 e. The lowest BCUT2D eigenvalue weighted by Gasteiger charge is -2.09. The molecule has 0 spiro atoms. The van der Waals surface area contributed by atoms with Crippen molar-refractivity contribution in [3.05, 3.63) is 72.3 Å². The molecule has 0 fully saturated rings. The van der Waals surface area contributed by atoms with Crippen molar-refractivity contribution < 1.29 is 23.4 Å². The van der Waals surface area contributed by atoms with Crippen LogP contribution >= 0.6 is 0 Å². The summed E-state index contributed by atoms with van der Waals surface area (Å²) < 4.78 is 21.6. The van der Waals surface area contributed by atoms with Gasteiger partial charge in [-0.2, -0.15) is 0 Å². The predicted molar refractivity (Wildman–Crippen MR) is 105 cm³/mol.